The van der Waals surface area contributed by atoms with E-state index >= 15 is 0 Å². The van der Waals surface area contributed by atoms with Crippen molar-refractivity contribution in [3.8, 4) is 0 Å². The zero-order valence-corrected chi connectivity index (χ0v) is 29.6. The summed E-state index contributed by atoms with van der Waals surface area (Å²) in [5.41, 5.74) is 12.9. The van der Waals surface area contributed by atoms with E-state index < -0.39 is 0 Å². The van der Waals surface area contributed by atoms with Crippen LogP contribution in [-0.4, -0.2) is 24.4 Å². The van der Waals surface area contributed by atoms with Crippen molar-refractivity contribution in [3.63, 3.8) is 0 Å². The van der Waals surface area contributed by atoms with Crippen molar-refractivity contribution >= 4 is 27.9 Å². The Bertz CT molecular complexity index is 2240. The summed E-state index contributed by atoms with van der Waals surface area (Å²) >= 11 is 0. The van der Waals surface area contributed by atoms with Crippen LogP contribution in [0.2, 0.25) is 0 Å². The molecule has 50 heavy (non-hydrogen) atoms. The summed E-state index contributed by atoms with van der Waals surface area (Å²) in [6.45, 7) is 4.66. The Morgan fingerprint density at radius 2 is 1.24 bits per heavy atom. The van der Waals surface area contributed by atoms with Crippen molar-refractivity contribution in [1.82, 2.24) is 0 Å². The highest BCUT2D eigenvalue weighted by Gasteiger charge is 2.48. The summed E-state index contributed by atoms with van der Waals surface area (Å²) in [7, 11) is 4.49. The van der Waals surface area contributed by atoms with E-state index in [1.54, 1.807) is 0 Å². The van der Waals surface area contributed by atoms with Crippen LogP contribution < -0.4 is 4.90 Å². The molecule has 0 radical (unpaired) electrons. The summed E-state index contributed by atoms with van der Waals surface area (Å²) < 4.78 is 2.43. The van der Waals surface area contributed by atoms with Crippen molar-refractivity contribution in [2.24, 2.45) is 0 Å². The van der Waals surface area contributed by atoms with Gasteiger partial charge in [0.2, 0.25) is 5.69 Å². The lowest BCUT2D eigenvalue weighted by atomic mass is 9.70. The van der Waals surface area contributed by atoms with Crippen LogP contribution in [0.5, 0.6) is 0 Å². The zero-order chi connectivity index (χ0) is 34.3. The Balaban J connectivity index is 1.28. The molecule has 1 atom stereocenters. The number of likely N-dealkylation sites (N-methyl/N-ethyl adjacent to an activating group) is 1. The fourth-order valence-corrected chi connectivity index (χ4v) is 8.97. The predicted octanol–water partition coefficient (Wildman–Crippen LogP) is 10.7. The molecule has 2 aliphatic rings. The van der Waals surface area contributed by atoms with E-state index in [0.29, 0.717) is 0 Å². The van der Waals surface area contributed by atoms with Crippen molar-refractivity contribution in [2.75, 3.05) is 19.0 Å². The highest BCUT2D eigenvalue weighted by atomic mass is 15.2. The van der Waals surface area contributed by atoms with Gasteiger partial charge in [-0.15, -0.1) is 0 Å². The number of allylic oxidation sites excluding steroid dienone is 4. The Kier molecular flexibility index (Phi) is 8.11. The molecule has 2 heterocycles. The third-order valence-electron chi connectivity index (χ3n) is 11.2. The molecule has 0 amide bonds. The van der Waals surface area contributed by atoms with Gasteiger partial charge in [-0.05, 0) is 84.3 Å². The molecule has 2 heteroatoms. The summed E-state index contributed by atoms with van der Waals surface area (Å²) in [6, 6.07) is 53.5. The molecule has 6 aromatic carbocycles. The number of benzene rings is 6. The van der Waals surface area contributed by atoms with Gasteiger partial charge in [0.15, 0.2) is 5.71 Å². The summed E-state index contributed by atoms with van der Waals surface area (Å²) in [6.07, 6.45) is 9.89. The van der Waals surface area contributed by atoms with E-state index in [1.807, 2.05) is 0 Å². The Labute approximate surface area is 297 Å². The summed E-state index contributed by atoms with van der Waals surface area (Å²) in [5, 5.41) is 2.63. The zero-order valence-electron chi connectivity index (χ0n) is 29.6. The first-order valence-electron chi connectivity index (χ1n) is 17.9. The molecular formula is C48H45N2+. The molecule has 2 nitrogen and oxygen atoms in total. The molecule has 0 N–H and O–H groups in total. The van der Waals surface area contributed by atoms with Crippen LogP contribution in [0.3, 0.4) is 0 Å². The lowest BCUT2D eigenvalue weighted by molar-refractivity contribution is -0.401. The molecule has 8 rings (SSSR count). The smallest absolute Gasteiger partial charge is 0.210 e. The number of nitrogens with zero attached hydrogens (tertiary/aromatic N) is 2. The largest absolute Gasteiger partial charge is 0.347 e. The number of aryl methyl sites for hydroxylation is 1. The van der Waals surface area contributed by atoms with Crippen molar-refractivity contribution < 1.29 is 4.58 Å². The molecule has 0 aromatic heterocycles. The average molecular weight is 650 g/mol. The van der Waals surface area contributed by atoms with Gasteiger partial charge in [0.1, 0.15) is 7.05 Å². The Morgan fingerprint density at radius 3 is 1.88 bits per heavy atom. The van der Waals surface area contributed by atoms with E-state index in [2.05, 4.69) is 201 Å². The number of hydrogen-bond donors (Lipinski definition) is 0. The van der Waals surface area contributed by atoms with Crippen LogP contribution >= 0.6 is 0 Å². The van der Waals surface area contributed by atoms with Crippen LogP contribution in [-0.2, 0) is 30.1 Å². The first kappa shape index (κ1) is 31.8. The molecule has 6 aromatic rings. The molecule has 1 unspecified atom stereocenters. The van der Waals surface area contributed by atoms with Gasteiger partial charge < -0.3 is 4.90 Å². The van der Waals surface area contributed by atoms with Crippen LogP contribution in [0.1, 0.15) is 40.3 Å². The minimum absolute atomic E-state index is 0.214. The van der Waals surface area contributed by atoms with Crippen molar-refractivity contribution in [1.29, 1.82) is 0 Å². The number of anilines is 1. The quantitative estimate of drug-likeness (QED) is 0.149. The molecule has 0 saturated carbocycles. The molecule has 0 spiro atoms. The van der Waals surface area contributed by atoms with E-state index in [1.165, 1.54) is 66.9 Å². The normalized spacial score (nSPS) is 18.7. The van der Waals surface area contributed by atoms with Crippen molar-refractivity contribution in [3.05, 3.63) is 203 Å². The minimum atomic E-state index is -0.234. The fraction of sp³-hybridized carbons (Fsp3) is 0.188. The maximum Gasteiger partial charge on any atom is 0.210 e. The molecule has 0 fully saturated rings. The van der Waals surface area contributed by atoms with E-state index in [4.69, 9.17) is 0 Å². The van der Waals surface area contributed by atoms with Crippen molar-refractivity contribution in [2.45, 2.75) is 43.9 Å². The van der Waals surface area contributed by atoms with Crippen LogP contribution in [0.4, 0.5) is 11.4 Å². The van der Waals surface area contributed by atoms with Gasteiger partial charge in [0, 0.05) is 41.6 Å². The summed E-state index contributed by atoms with van der Waals surface area (Å²) in [5.74, 6) is 0. The predicted molar refractivity (Wildman–Crippen MR) is 211 cm³/mol. The number of hydrogen-bond acceptors (Lipinski definition) is 1. The molecule has 0 saturated heterocycles. The van der Waals surface area contributed by atoms with Crippen LogP contribution in [0.15, 0.2) is 170 Å². The van der Waals surface area contributed by atoms with Gasteiger partial charge in [-0.1, -0.05) is 139 Å². The minimum Gasteiger partial charge on any atom is -0.347 e. The first-order chi connectivity index (χ1) is 24.4. The van der Waals surface area contributed by atoms with Crippen LogP contribution in [0.25, 0.3) is 10.8 Å². The highest BCUT2D eigenvalue weighted by molar-refractivity contribution is 6.08. The second kappa shape index (κ2) is 12.8. The third-order valence-corrected chi connectivity index (χ3v) is 11.2. The Hall–Kier alpha value is -5.47. The summed E-state index contributed by atoms with van der Waals surface area (Å²) in [4.78, 5) is 2.44. The molecule has 0 aliphatic carbocycles. The maximum atomic E-state index is 2.44. The second-order valence-electron chi connectivity index (χ2n) is 14.5. The first-order valence-corrected chi connectivity index (χ1v) is 17.9. The molecular weight excluding hydrogens is 605 g/mol. The number of rotatable bonds is 8. The third kappa shape index (κ3) is 5.40. The Morgan fingerprint density at radius 1 is 0.660 bits per heavy atom. The standard InChI is InChI=1S/C48H45N2/c1-35-27-29-42-41(31-35)48(33-37-19-10-6-11-20-37,34-38-21-12-7-13-22-38)45(49(42)3)26-16-25-44-47(2,32-36-17-8-5-9-18-36)46-40-24-15-14-23-39(40)28-30-43(46)50(44)4/h5-31H,32-34H2,1-4H3/q+1. The average Bonchev–Trinajstić information content (AvgIpc) is 3.48. The van der Waals surface area contributed by atoms with Gasteiger partial charge in [0.05, 0.1) is 5.41 Å². The van der Waals surface area contributed by atoms with Gasteiger partial charge in [-0.3, -0.25) is 0 Å². The second-order valence-corrected chi connectivity index (χ2v) is 14.5. The van der Waals surface area contributed by atoms with Gasteiger partial charge >= 0.3 is 0 Å². The SMILES string of the molecule is Cc1ccc2c(c1)C(Cc1ccccc1)(Cc1ccccc1)C(=CC=CC1=[N+](C)c3ccc4ccccc4c3C1(C)Cc1ccccc1)N2C. The van der Waals surface area contributed by atoms with Gasteiger partial charge in [-0.2, -0.15) is 4.58 Å². The van der Waals surface area contributed by atoms with E-state index in [9.17, 15) is 0 Å². The van der Waals surface area contributed by atoms with E-state index in [-0.39, 0.29) is 10.8 Å². The monoisotopic (exact) mass is 649 g/mol. The molecule has 246 valence electrons. The van der Waals surface area contributed by atoms with Crippen LogP contribution in [0, 0.1) is 6.92 Å². The molecule has 0 bridgehead atoms. The number of fused-ring (bicyclic) bond motifs is 4. The van der Waals surface area contributed by atoms with Gasteiger partial charge in [0.25, 0.3) is 0 Å². The lowest BCUT2D eigenvalue weighted by Crippen LogP contribution is -2.35. The van der Waals surface area contributed by atoms with Gasteiger partial charge in [-0.25, -0.2) is 0 Å². The van der Waals surface area contributed by atoms with E-state index in [0.717, 1.165) is 19.3 Å². The maximum absolute atomic E-state index is 2.44. The lowest BCUT2D eigenvalue weighted by Gasteiger charge is -2.34. The fourth-order valence-electron chi connectivity index (χ4n) is 8.97. The topological polar surface area (TPSA) is 6.25 Å². The highest BCUT2D eigenvalue weighted by Crippen LogP contribution is 2.52. The molecule has 2 aliphatic heterocycles.